The Morgan fingerprint density at radius 3 is 2.77 bits per heavy atom. The predicted octanol–water partition coefficient (Wildman–Crippen LogP) is -1.15. The van der Waals surface area contributed by atoms with E-state index in [0.29, 0.717) is 22.0 Å². The van der Waals surface area contributed by atoms with Crippen LogP contribution in [0.15, 0.2) is 40.7 Å². The summed E-state index contributed by atoms with van der Waals surface area (Å²) >= 11 is 2.41. The van der Waals surface area contributed by atoms with Crippen LogP contribution in [-0.4, -0.2) is 98.9 Å². The summed E-state index contributed by atoms with van der Waals surface area (Å²) in [5.74, 6) is -2.09. The van der Waals surface area contributed by atoms with E-state index in [4.69, 9.17) is 10.5 Å². The molecule has 0 unspecified atom stereocenters. The molecule has 210 valence electrons. The van der Waals surface area contributed by atoms with Crippen LogP contribution in [0.5, 0.6) is 0 Å². The number of benzene rings is 1. The number of anilines is 1. The topological polar surface area (TPSA) is 212 Å². The van der Waals surface area contributed by atoms with Gasteiger partial charge in [0.15, 0.2) is 0 Å². The second-order valence-electron chi connectivity index (χ2n) is 8.60. The van der Waals surface area contributed by atoms with Gasteiger partial charge in [-0.2, -0.15) is 0 Å². The number of carbonyl (C=O) groups excluding carboxylic acids is 2. The number of amides is 2. The van der Waals surface area contributed by atoms with Crippen LogP contribution in [0.3, 0.4) is 0 Å². The highest BCUT2D eigenvalue weighted by Crippen LogP contribution is 2.47. The van der Waals surface area contributed by atoms with Crippen LogP contribution in [-0.2, 0) is 42.1 Å². The lowest BCUT2D eigenvalue weighted by Gasteiger charge is -2.55. The number of hydrogen-bond acceptors (Lipinski definition) is 12. The van der Waals surface area contributed by atoms with E-state index in [2.05, 4.69) is 25.6 Å². The smallest absolute Gasteiger partial charge is 0.352 e. The molecule has 0 aliphatic carbocycles. The zero-order valence-electron chi connectivity index (χ0n) is 20.9. The van der Waals surface area contributed by atoms with Crippen LogP contribution >= 0.6 is 23.5 Å². The van der Waals surface area contributed by atoms with Crippen molar-refractivity contribution in [2.24, 2.45) is 0 Å². The van der Waals surface area contributed by atoms with E-state index in [1.807, 2.05) is 0 Å². The molecule has 2 aromatic rings. The number of aromatic nitrogens is 4. The number of nitrogens with one attached hydrogen (secondary N) is 2. The summed E-state index contributed by atoms with van der Waals surface area (Å²) in [6.07, 6.45) is 0.955. The Balaban J connectivity index is 1.47. The number of para-hydroxylation sites is 1. The van der Waals surface area contributed by atoms with Crippen molar-refractivity contribution in [3.8, 4) is 0 Å². The van der Waals surface area contributed by atoms with Gasteiger partial charge in [0.1, 0.15) is 11.1 Å². The molecule has 1 fully saturated rings. The summed E-state index contributed by atoms with van der Waals surface area (Å²) in [5.41, 5.74) is 5.48. The van der Waals surface area contributed by atoms with Gasteiger partial charge in [0, 0.05) is 30.8 Å². The van der Waals surface area contributed by atoms with Crippen molar-refractivity contribution in [2.45, 2.75) is 29.2 Å². The third kappa shape index (κ3) is 6.03. The van der Waals surface area contributed by atoms with Gasteiger partial charge in [0.2, 0.25) is 21.1 Å². The van der Waals surface area contributed by atoms with Crippen LogP contribution < -0.4 is 15.8 Å². The Kier molecular flexibility index (Phi) is 8.50. The number of nitrogen functional groups attached to an aromatic ring is 1. The molecule has 5 N–H and O–H groups in total. The van der Waals surface area contributed by atoms with E-state index in [-0.39, 0.29) is 36.7 Å². The lowest BCUT2D eigenvalue weighted by atomic mass is 9.97. The number of carboxylic acid groups (broad SMARTS) is 1. The summed E-state index contributed by atoms with van der Waals surface area (Å²) in [4.78, 5) is 39.5. The zero-order chi connectivity index (χ0) is 28.4. The van der Waals surface area contributed by atoms with Crippen molar-refractivity contribution < 1.29 is 32.6 Å². The SMILES string of the molecule is CO[C@@]1(NC(=O)Cc2ccccc2N)C(=O)N2C(C(=O)O)=C(CSc3nnnn3CCNS(C)(=O)=O)CS[C@@H]21. The average molecular weight is 599 g/mol. The number of carboxylic acids is 1. The van der Waals surface area contributed by atoms with E-state index < -0.39 is 38.9 Å². The molecule has 15 nitrogen and oxygen atoms in total. The normalized spacial score (nSPS) is 20.9. The Bertz CT molecular complexity index is 1430. The predicted molar refractivity (Wildman–Crippen MR) is 142 cm³/mol. The standard InChI is InChI=1S/C21H26N8O7S3/c1-36-21(24-15(30)9-12-5-3-4-6-14(12)22)18(33)29-16(17(31)32)13(10-37-19(21)29)11-38-20-25-26-27-28(20)8-7-23-39(2,34)35/h3-6,19,23H,7-11,22H2,1-2H3,(H,24,30)(H,31,32)/t19-,21+/m1/s1. The molecule has 0 bridgehead atoms. The van der Waals surface area contributed by atoms with Crippen molar-refractivity contribution in [2.75, 3.05) is 37.1 Å². The number of sulfonamides is 1. The number of carbonyl (C=O) groups is 3. The first-order chi connectivity index (χ1) is 18.5. The van der Waals surface area contributed by atoms with Gasteiger partial charge in [0.25, 0.3) is 11.6 Å². The Morgan fingerprint density at radius 2 is 2.10 bits per heavy atom. The Morgan fingerprint density at radius 1 is 1.36 bits per heavy atom. The van der Waals surface area contributed by atoms with Crippen molar-refractivity contribution in [3.63, 3.8) is 0 Å². The molecule has 0 saturated carbocycles. The number of thioether (sulfide) groups is 2. The zero-order valence-corrected chi connectivity index (χ0v) is 23.3. The van der Waals surface area contributed by atoms with E-state index in [1.54, 1.807) is 24.3 Å². The Hall–Kier alpha value is -3.19. The largest absolute Gasteiger partial charge is 0.477 e. The van der Waals surface area contributed by atoms with Gasteiger partial charge >= 0.3 is 5.97 Å². The van der Waals surface area contributed by atoms with Gasteiger partial charge in [-0.3, -0.25) is 14.5 Å². The van der Waals surface area contributed by atoms with Crippen molar-refractivity contribution in [1.82, 2.24) is 35.1 Å². The van der Waals surface area contributed by atoms with Gasteiger partial charge in [-0.25, -0.2) is 22.6 Å². The lowest BCUT2D eigenvalue weighted by molar-refractivity contribution is -0.192. The molecule has 2 aliphatic rings. The van der Waals surface area contributed by atoms with Gasteiger partial charge in [-0.15, -0.1) is 16.9 Å². The number of rotatable bonds is 12. The minimum absolute atomic E-state index is 0.0714. The van der Waals surface area contributed by atoms with Crippen molar-refractivity contribution in [1.29, 1.82) is 0 Å². The highest BCUT2D eigenvalue weighted by Gasteiger charge is 2.66. The summed E-state index contributed by atoms with van der Waals surface area (Å²) in [6, 6.07) is 6.85. The monoisotopic (exact) mass is 598 g/mol. The van der Waals surface area contributed by atoms with Gasteiger partial charge in [-0.05, 0) is 27.6 Å². The highest BCUT2D eigenvalue weighted by molar-refractivity contribution is 8.01. The van der Waals surface area contributed by atoms with Crippen LogP contribution in [0.4, 0.5) is 5.69 Å². The molecule has 4 rings (SSSR count). The summed E-state index contributed by atoms with van der Waals surface area (Å²) in [7, 11) is -2.10. The van der Waals surface area contributed by atoms with Gasteiger partial charge < -0.3 is 20.9 Å². The fourth-order valence-electron chi connectivity index (χ4n) is 4.10. The van der Waals surface area contributed by atoms with E-state index in [1.165, 1.54) is 23.6 Å². The maximum absolute atomic E-state index is 13.3. The number of β-lactam (4-membered cyclic amide) rings is 1. The number of fused-ring (bicyclic) bond motifs is 1. The first kappa shape index (κ1) is 28.8. The van der Waals surface area contributed by atoms with Crippen LogP contribution in [0.1, 0.15) is 5.56 Å². The number of nitrogens with zero attached hydrogens (tertiary/aromatic N) is 5. The molecule has 39 heavy (non-hydrogen) atoms. The minimum Gasteiger partial charge on any atom is -0.477 e. The molecule has 18 heteroatoms. The van der Waals surface area contributed by atoms with Gasteiger partial charge in [0.05, 0.1) is 19.2 Å². The molecular formula is C21H26N8O7S3. The first-order valence-corrected chi connectivity index (χ1v) is 15.3. The maximum atomic E-state index is 13.3. The van der Waals surface area contributed by atoms with Gasteiger partial charge in [-0.1, -0.05) is 30.0 Å². The molecule has 0 radical (unpaired) electrons. The van der Waals surface area contributed by atoms with Crippen LogP contribution in [0.2, 0.25) is 0 Å². The fourth-order valence-corrected chi connectivity index (χ4v) is 7.05. The molecule has 0 spiro atoms. The molecule has 3 heterocycles. The second-order valence-corrected chi connectivity index (χ2v) is 12.4. The fraction of sp³-hybridized carbons (Fsp3) is 0.429. The number of nitrogens with two attached hydrogens (primary N) is 1. The van der Waals surface area contributed by atoms with E-state index >= 15 is 0 Å². The lowest BCUT2D eigenvalue weighted by Crippen LogP contribution is -2.80. The average Bonchev–Trinajstić information content (AvgIpc) is 3.32. The van der Waals surface area contributed by atoms with Crippen LogP contribution in [0.25, 0.3) is 0 Å². The minimum atomic E-state index is -3.38. The molecule has 1 aromatic heterocycles. The number of aliphatic carboxylic acids is 1. The molecule has 1 aromatic carbocycles. The first-order valence-electron chi connectivity index (χ1n) is 11.4. The third-order valence-corrected chi connectivity index (χ3v) is 9.07. The number of ether oxygens (including phenoxy) is 1. The molecule has 1 saturated heterocycles. The Labute approximate surface area is 231 Å². The maximum Gasteiger partial charge on any atom is 0.352 e. The molecule has 2 atom stereocenters. The van der Waals surface area contributed by atoms with E-state index in [0.717, 1.165) is 22.9 Å². The summed E-state index contributed by atoms with van der Waals surface area (Å²) < 4.78 is 31.8. The summed E-state index contributed by atoms with van der Waals surface area (Å²) in [6.45, 7) is 0.237. The number of hydrogen-bond donors (Lipinski definition) is 4. The summed E-state index contributed by atoms with van der Waals surface area (Å²) in [5, 5.41) is 23.5. The number of tetrazole rings is 1. The molecule has 2 amide bonds. The van der Waals surface area contributed by atoms with E-state index in [9.17, 15) is 27.9 Å². The second kappa shape index (κ2) is 11.5. The molecule has 2 aliphatic heterocycles. The number of methoxy groups -OCH3 is 1. The quantitative estimate of drug-likeness (QED) is 0.0985. The highest BCUT2D eigenvalue weighted by atomic mass is 32.2. The third-order valence-electron chi connectivity index (χ3n) is 5.93. The van der Waals surface area contributed by atoms with Crippen molar-refractivity contribution >= 4 is 57.0 Å². The van der Waals surface area contributed by atoms with Crippen LogP contribution in [0, 0.1) is 0 Å². The molecular weight excluding hydrogens is 572 g/mol. The van der Waals surface area contributed by atoms with Crippen molar-refractivity contribution in [3.05, 3.63) is 41.1 Å².